The third-order valence-electron chi connectivity index (χ3n) is 4.11. The molecule has 0 bridgehead atoms. The van der Waals surface area contributed by atoms with E-state index in [1.165, 1.54) is 0 Å². The molecule has 2 fully saturated rings. The van der Waals surface area contributed by atoms with Gasteiger partial charge in [-0.05, 0) is 19.2 Å². The van der Waals surface area contributed by atoms with E-state index in [2.05, 4.69) is 39.3 Å². The van der Waals surface area contributed by atoms with Crippen molar-refractivity contribution in [3.8, 4) is 11.8 Å². The van der Waals surface area contributed by atoms with Crippen molar-refractivity contribution in [1.82, 2.24) is 20.4 Å². The maximum absolute atomic E-state index is 11.4. The van der Waals surface area contributed by atoms with Crippen LogP contribution in [0.3, 0.4) is 0 Å². The van der Waals surface area contributed by atoms with Gasteiger partial charge in [0.05, 0.1) is 0 Å². The molecule has 7 nitrogen and oxygen atoms in total. The van der Waals surface area contributed by atoms with E-state index >= 15 is 0 Å². The maximum Gasteiger partial charge on any atom is 0.322 e. The average molecular weight is 325 g/mol. The van der Waals surface area contributed by atoms with E-state index in [4.69, 9.17) is 5.41 Å². The highest BCUT2D eigenvalue weighted by atomic mass is 16.2. The first kappa shape index (κ1) is 16.0. The van der Waals surface area contributed by atoms with Gasteiger partial charge in [0.25, 0.3) is 5.91 Å². The summed E-state index contributed by atoms with van der Waals surface area (Å²) in [6.45, 7) is 3.63. The monoisotopic (exact) mass is 325 g/mol. The number of urea groups is 1. The van der Waals surface area contributed by atoms with Gasteiger partial charge in [0.1, 0.15) is 5.84 Å². The highest BCUT2D eigenvalue weighted by Gasteiger charge is 2.27. The minimum Gasteiger partial charge on any atom is -0.354 e. The van der Waals surface area contributed by atoms with Gasteiger partial charge >= 0.3 is 6.03 Å². The number of hydrogen-bond acceptors (Lipinski definition) is 4. The zero-order valence-corrected chi connectivity index (χ0v) is 13.4. The van der Waals surface area contributed by atoms with Crippen LogP contribution in [0.4, 0.5) is 4.79 Å². The smallest absolute Gasteiger partial charge is 0.322 e. The largest absolute Gasteiger partial charge is 0.354 e. The molecule has 0 saturated carbocycles. The summed E-state index contributed by atoms with van der Waals surface area (Å²) in [6, 6.07) is 6.04. The van der Waals surface area contributed by atoms with E-state index in [0.29, 0.717) is 5.84 Å². The lowest BCUT2D eigenvalue weighted by Crippen LogP contribution is -2.47. The van der Waals surface area contributed by atoms with Crippen LogP contribution >= 0.6 is 0 Å². The molecule has 0 unspecified atom stereocenters. The number of amidine groups is 1. The number of likely N-dealkylation sites (N-methyl/N-ethyl adjacent to an activating group) is 1. The van der Waals surface area contributed by atoms with Gasteiger partial charge in [-0.2, -0.15) is 0 Å². The summed E-state index contributed by atoms with van der Waals surface area (Å²) < 4.78 is 0. The standard InChI is InChI=1S/C17H19N5O2/c1-21-8-10-22(11-9-21)15(18)13-5-2-12(3-6-13)4-7-14-16(23)20-17(24)19-14/h2-3,5-6,14,18H,8-11H2,1H3,(H2,19,20,23,24)/t14-/m0/s1. The second-order valence-electron chi connectivity index (χ2n) is 5.88. The lowest BCUT2D eigenvalue weighted by Gasteiger charge is -2.34. The van der Waals surface area contributed by atoms with Gasteiger partial charge in [-0.3, -0.25) is 15.5 Å². The van der Waals surface area contributed by atoms with Gasteiger partial charge in [0.15, 0.2) is 6.04 Å². The first-order valence-electron chi connectivity index (χ1n) is 7.78. The first-order chi connectivity index (χ1) is 11.5. The van der Waals surface area contributed by atoms with Gasteiger partial charge in [0.2, 0.25) is 0 Å². The number of imide groups is 1. The Kier molecular flexibility index (Phi) is 4.49. The van der Waals surface area contributed by atoms with Crippen LogP contribution in [-0.4, -0.2) is 66.8 Å². The van der Waals surface area contributed by atoms with Gasteiger partial charge in [0, 0.05) is 37.3 Å². The summed E-state index contributed by atoms with van der Waals surface area (Å²) >= 11 is 0. The fraction of sp³-hybridized carbons (Fsp3) is 0.353. The number of carbonyl (C=O) groups excluding carboxylic acids is 2. The predicted octanol–water partition coefficient (Wildman–Crippen LogP) is -0.181. The average Bonchev–Trinajstić information content (AvgIpc) is 2.91. The quantitative estimate of drug-likeness (QED) is 0.289. The summed E-state index contributed by atoms with van der Waals surface area (Å²) in [5, 5.41) is 12.9. The maximum atomic E-state index is 11.4. The molecule has 1 aromatic carbocycles. The Morgan fingerprint density at radius 1 is 1.17 bits per heavy atom. The summed E-state index contributed by atoms with van der Waals surface area (Å²) in [5.41, 5.74) is 1.58. The highest BCUT2D eigenvalue weighted by molar-refractivity contribution is 6.05. The molecule has 1 aromatic rings. The topological polar surface area (TPSA) is 88.5 Å². The van der Waals surface area contributed by atoms with Crippen molar-refractivity contribution in [1.29, 1.82) is 5.41 Å². The SMILES string of the molecule is CN1CCN(C(=N)c2ccc(C#C[C@@H]3NC(=O)NC3=O)cc2)CC1. The molecular weight excluding hydrogens is 306 g/mol. The molecule has 0 aliphatic carbocycles. The van der Waals surface area contributed by atoms with E-state index in [0.717, 1.165) is 37.3 Å². The molecule has 0 aromatic heterocycles. The van der Waals surface area contributed by atoms with E-state index in [-0.39, 0.29) is 0 Å². The Morgan fingerprint density at radius 2 is 1.83 bits per heavy atom. The van der Waals surface area contributed by atoms with Crippen LogP contribution in [0.15, 0.2) is 24.3 Å². The fourth-order valence-corrected chi connectivity index (χ4v) is 2.60. The molecule has 2 heterocycles. The van der Waals surface area contributed by atoms with E-state index in [1.807, 2.05) is 24.3 Å². The van der Waals surface area contributed by atoms with Gasteiger partial charge < -0.3 is 15.1 Å². The van der Waals surface area contributed by atoms with Crippen LogP contribution in [0, 0.1) is 17.3 Å². The van der Waals surface area contributed by atoms with Crippen LogP contribution in [0.1, 0.15) is 11.1 Å². The van der Waals surface area contributed by atoms with Crippen molar-refractivity contribution < 1.29 is 9.59 Å². The zero-order valence-electron chi connectivity index (χ0n) is 13.4. The van der Waals surface area contributed by atoms with Crippen molar-refractivity contribution in [3.63, 3.8) is 0 Å². The Hall–Kier alpha value is -2.85. The zero-order chi connectivity index (χ0) is 17.1. The molecule has 24 heavy (non-hydrogen) atoms. The molecule has 1 atom stereocenters. The molecule has 3 amide bonds. The summed E-state index contributed by atoms with van der Waals surface area (Å²) in [7, 11) is 2.08. The number of hydrogen-bond donors (Lipinski definition) is 3. The van der Waals surface area contributed by atoms with Gasteiger partial charge in [-0.1, -0.05) is 24.0 Å². The summed E-state index contributed by atoms with van der Waals surface area (Å²) in [5.74, 6) is 5.69. The van der Waals surface area contributed by atoms with Crippen LogP contribution in [0.25, 0.3) is 0 Å². The molecule has 0 radical (unpaired) electrons. The minimum atomic E-state index is -0.805. The molecule has 2 saturated heterocycles. The Balaban J connectivity index is 1.64. The number of piperazine rings is 1. The molecule has 2 aliphatic heterocycles. The normalized spacial score (nSPS) is 20.9. The molecule has 2 aliphatic rings. The lowest BCUT2D eigenvalue weighted by molar-refractivity contribution is -0.119. The molecule has 124 valence electrons. The highest BCUT2D eigenvalue weighted by Crippen LogP contribution is 2.09. The van der Waals surface area contributed by atoms with Crippen molar-refractivity contribution in [2.24, 2.45) is 0 Å². The number of nitrogens with zero attached hydrogens (tertiary/aromatic N) is 2. The number of carbonyl (C=O) groups is 2. The number of amides is 3. The molecule has 7 heteroatoms. The predicted molar refractivity (Wildman–Crippen MR) is 89.7 cm³/mol. The van der Waals surface area contributed by atoms with E-state index in [1.54, 1.807) is 0 Å². The molecular formula is C17H19N5O2. The third kappa shape index (κ3) is 3.55. The summed E-state index contributed by atoms with van der Waals surface area (Å²) in [6.07, 6.45) is 0. The lowest BCUT2D eigenvalue weighted by atomic mass is 10.1. The van der Waals surface area contributed by atoms with Crippen LogP contribution < -0.4 is 10.6 Å². The van der Waals surface area contributed by atoms with Crippen molar-refractivity contribution in [3.05, 3.63) is 35.4 Å². The Labute approximate surface area is 140 Å². The van der Waals surface area contributed by atoms with Crippen LogP contribution in [0.5, 0.6) is 0 Å². The van der Waals surface area contributed by atoms with Crippen molar-refractivity contribution in [2.75, 3.05) is 33.2 Å². The second kappa shape index (κ2) is 6.72. The van der Waals surface area contributed by atoms with Crippen molar-refractivity contribution in [2.45, 2.75) is 6.04 Å². The number of rotatable bonds is 1. The van der Waals surface area contributed by atoms with Crippen LogP contribution in [0.2, 0.25) is 0 Å². The van der Waals surface area contributed by atoms with E-state index < -0.39 is 18.0 Å². The first-order valence-corrected chi connectivity index (χ1v) is 7.78. The van der Waals surface area contributed by atoms with Crippen LogP contribution in [-0.2, 0) is 4.79 Å². The van der Waals surface area contributed by atoms with Gasteiger partial charge in [-0.15, -0.1) is 0 Å². The second-order valence-corrected chi connectivity index (χ2v) is 5.88. The fourth-order valence-electron chi connectivity index (χ4n) is 2.60. The number of nitrogens with one attached hydrogen (secondary N) is 3. The molecule has 3 N–H and O–H groups in total. The minimum absolute atomic E-state index is 0.430. The third-order valence-corrected chi connectivity index (χ3v) is 4.11. The van der Waals surface area contributed by atoms with Crippen molar-refractivity contribution >= 4 is 17.8 Å². The molecule has 0 spiro atoms. The number of benzene rings is 1. The van der Waals surface area contributed by atoms with Gasteiger partial charge in [-0.25, -0.2) is 4.79 Å². The Bertz CT molecular complexity index is 724. The molecule has 3 rings (SSSR count). The Morgan fingerprint density at radius 3 is 2.42 bits per heavy atom. The summed E-state index contributed by atoms with van der Waals surface area (Å²) in [4.78, 5) is 26.8. The van der Waals surface area contributed by atoms with E-state index in [9.17, 15) is 9.59 Å².